The van der Waals surface area contributed by atoms with E-state index in [0.29, 0.717) is 23.8 Å². The minimum Gasteiger partial charge on any atom is -0.494 e. The van der Waals surface area contributed by atoms with Crippen LogP contribution in [0.2, 0.25) is 0 Å². The molecule has 3 rings (SSSR count). The van der Waals surface area contributed by atoms with Crippen molar-refractivity contribution in [2.75, 3.05) is 36.2 Å². The number of carbonyl (C=O) groups excluding carboxylic acids is 1. The van der Waals surface area contributed by atoms with Gasteiger partial charge in [0.05, 0.1) is 12.2 Å². The van der Waals surface area contributed by atoms with Gasteiger partial charge < -0.3 is 20.3 Å². The molecule has 7 nitrogen and oxygen atoms in total. The van der Waals surface area contributed by atoms with E-state index >= 15 is 0 Å². The first kappa shape index (κ1) is 19.2. The Morgan fingerprint density at radius 2 is 1.57 bits per heavy atom. The smallest absolute Gasteiger partial charge is 0.258 e. The van der Waals surface area contributed by atoms with Crippen molar-refractivity contribution >= 4 is 28.9 Å². The molecule has 0 fully saturated rings. The average Bonchev–Trinajstić information content (AvgIpc) is 2.70. The zero-order valence-corrected chi connectivity index (χ0v) is 16.1. The maximum atomic E-state index is 12.4. The van der Waals surface area contributed by atoms with Crippen LogP contribution in [-0.2, 0) is 0 Å². The van der Waals surface area contributed by atoms with E-state index in [2.05, 4.69) is 20.6 Å². The second-order valence-corrected chi connectivity index (χ2v) is 6.27. The van der Waals surface area contributed by atoms with Crippen molar-refractivity contribution in [1.82, 2.24) is 9.97 Å². The van der Waals surface area contributed by atoms with Gasteiger partial charge in [0, 0.05) is 43.6 Å². The number of nitrogens with zero attached hydrogens (tertiary/aromatic N) is 3. The quantitative estimate of drug-likeness (QED) is 0.649. The van der Waals surface area contributed by atoms with Gasteiger partial charge in [0.25, 0.3) is 5.91 Å². The molecule has 144 valence electrons. The highest BCUT2D eigenvalue weighted by molar-refractivity contribution is 6.04. The van der Waals surface area contributed by atoms with E-state index < -0.39 is 0 Å². The van der Waals surface area contributed by atoms with E-state index in [1.165, 1.54) is 12.4 Å². The predicted octanol–water partition coefficient (Wildman–Crippen LogP) is 3.94. The lowest BCUT2D eigenvalue weighted by Gasteiger charge is -2.13. The van der Waals surface area contributed by atoms with Gasteiger partial charge in [0.2, 0.25) is 5.95 Å². The lowest BCUT2D eigenvalue weighted by molar-refractivity contribution is 0.102. The molecule has 1 amide bonds. The Morgan fingerprint density at radius 1 is 0.964 bits per heavy atom. The third-order valence-corrected chi connectivity index (χ3v) is 3.98. The van der Waals surface area contributed by atoms with Crippen molar-refractivity contribution in [2.45, 2.75) is 6.92 Å². The van der Waals surface area contributed by atoms with Crippen molar-refractivity contribution in [3.05, 3.63) is 66.5 Å². The third kappa shape index (κ3) is 4.97. The first-order valence-corrected chi connectivity index (χ1v) is 8.96. The van der Waals surface area contributed by atoms with Crippen LogP contribution >= 0.6 is 0 Å². The number of anilines is 4. The molecule has 0 saturated heterocycles. The summed E-state index contributed by atoms with van der Waals surface area (Å²) in [6.07, 6.45) is 2.99. The highest BCUT2D eigenvalue weighted by atomic mass is 16.5. The molecule has 1 heterocycles. The Morgan fingerprint density at radius 3 is 2.14 bits per heavy atom. The van der Waals surface area contributed by atoms with Crippen LogP contribution in [0.5, 0.6) is 5.75 Å². The summed E-state index contributed by atoms with van der Waals surface area (Å²) >= 11 is 0. The monoisotopic (exact) mass is 377 g/mol. The number of aromatic nitrogens is 2. The number of benzene rings is 2. The van der Waals surface area contributed by atoms with Crippen molar-refractivity contribution in [1.29, 1.82) is 0 Å². The number of hydrogen-bond donors (Lipinski definition) is 2. The van der Waals surface area contributed by atoms with Gasteiger partial charge in [0.1, 0.15) is 5.75 Å². The van der Waals surface area contributed by atoms with Crippen molar-refractivity contribution in [2.24, 2.45) is 0 Å². The Kier molecular flexibility index (Phi) is 6.06. The summed E-state index contributed by atoms with van der Waals surface area (Å²) in [5, 5.41) is 5.93. The summed E-state index contributed by atoms with van der Waals surface area (Å²) < 4.78 is 5.41. The van der Waals surface area contributed by atoms with E-state index in [1.807, 2.05) is 74.4 Å². The minimum atomic E-state index is -0.259. The minimum absolute atomic E-state index is 0.259. The topological polar surface area (TPSA) is 79.4 Å². The van der Waals surface area contributed by atoms with Crippen LogP contribution in [0.3, 0.4) is 0 Å². The SMILES string of the molecule is CCOc1ccc(Nc2ncc(C(=O)Nc3ccc(N(C)C)cc3)cn2)cc1. The van der Waals surface area contributed by atoms with Crippen LogP contribution in [0, 0.1) is 0 Å². The lowest BCUT2D eigenvalue weighted by atomic mass is 10.2. The summed E-state index contributed by atoms with van der Waals surface area (Å²) in [5.41, 5.74) is 2.99. The molecule has 0 aliphatic carbocycles. The molecule has 0 spiro atoms. The second-order valence-electron chi connectivity index (χ2n) is 6.27. The van der Waals surface area contributed by atoms with Crippen molar-refractivity contribution in [3.8, 4) is 5.75 Å². The Hall–Kier alpha value is -3.61. The normalized spacial score (nSPS) is 10.2. The maximum absolute atomic E-state index is 12.4. The molecule has 7 heteroatoms. The molecular formula is C21H23N5O2. The number of amides is 1. The highest BCUT2D eigenvalue weighted by Gasteiger charge is 2.08. The number of carbonyl (C=O) groups is 1. The molecule has 2 N–H and O–H groups in total. The van der Waals surface area contributed by atoms with E-state index in [1.54, 1.807) is 0 Å². The molecule has 0 bridgehead atoms. The summed E-state index contributed by atoms with van der Waals surface area (Å²) in [6, 6.07) is 15.1. The van der Waals surface area contributed by atoms with Gasteiger partial charge in [-0.2, -0.15) is 0 Å². The van der Waals surface area contributed by atoms with Gasteiger partial charge in [-0.3, -0.25) is 4.79 Å². The second kappa shape index (κ2) is 8.85. The predicted molar refractivity (Wildman–Crippen MR) is 112 cm³/mol. The van der Waals surface area contributed by atoms with Gasteiger partial charge in [-0.1, -0.05) is 0 Å². The fourth-order valence-corrected chi connectivity index (χ4v) is 2.49. The molecule has 0 saturated carbocycles. The number of hydrogen-bond acceptors (Lipinski definition) is 6. The zero-order valence-electron chi connectivity index (χ0n) is 16.1. The van der Waals surface area contributed by atoms with E-state index in [0.717, 1.165) is 17.1 Å². The molecule has 3 aromatic rings. The fraction of sp³-hybridized carbons (Fsp3) is 0.190. The summed E-state index contributed by atoms with van der Waals surface area (Å²) in [5.74, 6) is 0.959. The number of rotatable bonds is 7. The first-order chi connectivity index (χ1) is 13.5. The summed E-state index contributed by atoms with van der Waals surface area (Å²) in [4.78, 5) is 22.8. The Labute approximate surface area is 164 Å². The van der Waals surface area contributed by atoms with Crippen LogP contribution in [0.15, 0.2) is 60.9 Å². The highest BCUT2D eigenvalue weighted by Crippen LogP contribution is 2.19. The molecule has 2 aromatic carbocycles. The van der Waals surface area contributed by atoms with Crippen LogP contribution in [-0.4, -0.2) is 36.6 Å². The van der Waals surface area contributed by atoms with Crippen molar-refractivity contribution < 1.29 is 9.53 Å². The molecule has 0 aliphatic rings. The number of ether oxygens (including phenoxy) is 1. The fourth-order valence-electron chi connectivity index (χ4n) is 2.49. The molecule has 0 unspecified atom stereocenters. The maximum Gasteiger partial charge on any atom is 0.258 e. The molecule has 1 aromatic heterocycles. The van der Waals surface area contributed by atoms with Gasteiger partial charge in [-0.25, -0.2) is 9.97 Å². The first-order valence-electron chi connectivity index (χ1n) is 8.96. The Bertz CT molecular complexity index is 907. The molecular weight excluding hydrogens is 354 g/mol. The van der Waals surface area contributed by atoms with E-state index in [4.69, 9.17) is 4.74 Å². The van der Waals surface area contributed by atoms with Gasteiger partial charge in [-0.05, 0) is 55.5 Å². The molecule has 0 atom stereocenters. The van der Waals surface area contributed by atoms with Crippen LogP contribution in [0.1, 0.15) is 17.3 Å². The van der Waals surface area contributed by atoms with Crippen LogP contribution < -0.4 is 20.3 Å². The molecule has 0 aliphatic heterocycles. The molecule has 0 radical (unpaired) electrons. The van der Waals surface area contributed by atoms with E-state index in [-0.39, 0.29) is 5.91 Å². The van der Waals surface area contributed by atoms with Crippen LogP contribution in [0.4, 0.5) is 23.0 Å². The average molecular weight is 377 g/mol. The van der Waals surface area contributed by atoms with Gasteiger partial charge >= 0.3 is 0 Å². The van der Waals surface area contributed by atoms with Crippen LogP contribution in [0.25, 0.3) is 0 Å². The van der Waals surface area contributed by atoms with Gasteiger partial charge in [0.15, 0.2) is 0 Å². The van der Waals surface area contributed by atoms with Gasteiger partial charge in [-0.15, -0.1) is 0 Å². The summed E-state index contributed by atoms with van der Waals surface area (Å²) in [7, 11) is 3.93. The molecule has 28 heavy (non-hydrogen) atoms. The number of nitrogens with one attached hydrogen (secondary N) is 2. The van der Waals surface area contributed by atoms with Crippen molar-refractivity contribution in [3.63, 3.8) is 0 Å². The Balaban J connectivity index is 1.60. The van der Waals surface area contributed by atoms with E-state index in [9.17, 15) is 4.79 Å². The lowest BCUT2D eigenvalue weighted by Crippen LogP contribution is -2.13. The third-order valence-electron chi connectivity index (χ3n) is 3.98. The zero-order chi connectivity index (χ0) is 19.9. The largest absolute Gasteiger partial charge is 0.494 e. The summed E-state index contributed by atoms with van der Waals surface area (Å²) in [6.45, 7) is 2.57. The standard InChI is InChI=1S/C21H23N5O2/c1-4-28-19-11-7-17(8-12-19)25-21-22-13-15(14-23-21)20(27)24-16-5-9-18(10-6-16)26(2)3/h5-14H,4H2,1-3H3,(H,24,27)(H,22,23,25).